The highest BCUT2D eigenvalue weighted by molar-refractivity contribution is 9.11. The summed E-state index contributed by atoms with van der Waals surface area (Å²) in [5.74, 6) is 0.761. The third-order valence-electron chi connectivity index (χ3n) is 3.01. The van der Waals surface area contributed by atoms with Crippen molar-refractivity contribution in [3.05, 3.63) is 50.4 Å². The van der Waals surface area contributed by atoms with E-state index in [0.29, 0.717) is 4.99 Å². The maximum atomic E-state index is 5.68. The van der Waals surface area contributed by atoms with Gasteiger partial charge >= 0.3 is 0 Å². The van der Waals surface area contributed by atoms with Crippen molar-refractivity contribution in [3.8, 4) is 5.75 Å². The molecule has 0 spiro atoms. The van der Waals surface area contributed by atoms with E-state index >= 15 is 0 Å². The molecule has 3 N–H and O–H groups in total. The van der Waals surface area contributed by atoms with Crippen molar-refractivity contribution in [1.82, 2.24) is 0 Å². The summed E-state index contributed by atoms with van der Waals surface area (Å²) in [5.41, 5.74) is 9.47. The smallest absolute Gasteiger partial charge is 0.135 e. The number of rotatable bonds is 4. The van der Waals surface area contributed by atoms with Crippen LogP contribution in [0, 0.1) is 6.92 Å². The third-order valence-corrected chi connectivity index (χ3v) is 4.51. The molecule has 0 aromatic heterocycles. The third kappa shape index (κ3) is 3.75. The average Bonchev–Trinajstić information content (AvgIpc) is 2.41. The summed E-state index contributed by atoms with van der Waals surface area (Å²) < 4.78 is 7.14. The van der Waals surface area contributed by atoms with E-state index in [-0.39, 0.29) is 0 Å². The molecule has 0 saturated carbocycles. The lowest BCUT2D eigenvalue weighted by atomic mass is 10.1. The van der Waals surface area contributed by atoms with Crippen molar-refractivity contribution < 1.29 is 4.74 Å². The van der Waals surface area contributed by atoms with Crippen molar-refractivity contribution in [2.75, 3.05) is 12.4 Å². The fourth-order valence-electron chi connectivity index (χ4n) is 1.95. The number of thiocarbonyl (C=S) groups is 1. The summed E-state index contributed by atoms with van der Waals surface area (Å²) in [7, 11) is 1.64. The summed E-state index contributed by atoms with van der Waals surface area (Å²) in [4.78, 5) is 0.408. The summed E-state index contributed by atoms with van der Waals surface area (Å²) in [6, 6.07) is 9.74. The van der Waals surface area contributed by atoms with Gasteiger partial charge in [0.1, 0.15) is 10.7 Å². The van der Waals surface area contributed by atoms with E-state index in [1.165, 1.54) is 0 Å². The molecule has 0 fully saturated rings. The number of hydrogen-bond donors (Lipinski definition) is 2. The van der Waals surface area contributed by atoms with Gasteiger partial charge in [-0.1, -0.05) is 12.2 Å². The van der Waals surface area contributed by atoms with Gasteiger partial charge in [0.2, 0.25) is 0 Å². The predicted molar refractivity (Wildman–Crippen MR) is 98.7 cm³/mol. The molecule has 2 aromatic carbocycles. The first kappa shape index (κ1) is 16.3. The van der Waals surface area contributed by atoms with E-state index in [1.807, 2.05) is 37.3 Å². The molecule has 0 atom stereocenters. The quantitative estimate of drug-likeness (QED) is 0.678. The molecule has 0 aliphatic carbocycles. The minimum absolute atomic E-state index is 0.408. The number of nitrogens with one attached hydrogen (secondary N) is 1. The zero-order chi connectivity index (χ0) is 15.6. The number of nitrogens with two attached hydrogens (primary N) is 1. The average molecular weight is 430 g/mol. The molecular formula is C15H14Br2N2OS. The maximum Gasteiger partial charge on any atom is 0.135 e. The lowest BCUT2D eigenvalue weighted by Crippen LogP contribution is -2.11. The molecule has 0 heterocycles. The Labute approximate surface area is 146 Å². The topological polar surface area (TPSA) is 47.3 Å². The number of halogens is 2. The molecule has 0 aliphatic heterocycles. The van der Waals surface area contributed by atoms with E-state index in [4.69, 9.17) is 22.7 Å². The summed E-state index contributed by atoms with van der Waals surface area (Å²) in [6.07, 6.45) is 0. The minimum Gasteiger partial charge on any atom is -0.495 e. The van der Waals surface area contributed by atoms with Crippen molar-refractivity contribution in [3.63, 3.8) is 0 Å². The summed E-state index contributed by atoms with van der Waals surface area (Å²) in [6.45, 7) is 1.98. The first-order valence-corrected chi connectivity index (χ1v) is 8.12. The van der Waals surface area contributed by atoms with E-state index in [1.54, 1.807) is 7.11 Å². The summed E-state index contributed by atoms with van der Waals surface area (Å²) >= 11 is 12.0. The number of aryl methyl sites for hydroxylation is 1. The van der Waals surface area contributed by atoms with Gasteiger partial charge in [-0.15, -0.1) is 0 Å². The lowest BCUT2D eigenvalue weighted by molar-refractivity contribution is 0.412. The fraction of sp³-hybridized carbons (Fsp3) is 0.133. The Balaban J connectivity index is 2.34. The largest absolute Gasteiger partial charge is 0.495 e. The molecule has 0 bridgehead atoms. The molecule has 3 nitrogen and oxygen atoms in total. The molecule has 2 aromatic rings. The van der Waals surface area contributed by atoms with Crippen molar-refractivity contribution in [1.29, 1.82) is 0 Å². The number of benzene rings is 2. The second-order valence-corrected chi connectivity index (χ2v) is 6.63. The second kappa shape index (κ2) is 6.77. The molecule has 0 radical (unpaired) electrons. The van der Waals surface area contributed by atoms with Crippen molar-refractivity contribution >= 4 is 60.4 Å². The van der Waals surface area contributed by atoms with Crippen LogP contribution in [0.15, 0.2) is 39.3 Å². The highest BCUT2D eigenvalue weighted by atomic mass is 79.9. The Hall–Kier alpha value is -1.11. The Morgan fingerprint density at radius 2 is 1.90 bits per heavy atom. The van der Waals surface area contributed by atoms with Crippen LogP contribution in [0.25, 0.3) is 0 Å². The van der Waals surface area contributed by atoms with E-state index in [9.17, 15) is 0 Å². The van der Waals surface area contributed by atoms with Crippen LogP contribution in [0.5, 0.6) is 5.75 Å². The SMILES string of the molecule is COc1cc(Nc2ccc(C(N)=S)c(C)c2)c(Br)cc1Br. The molecule has 2 rings (SSSR count). The maximum absolute atomic E-state index is 5.68. The van der Waals surface area contributed by atoms with Gasteiger partial charge in [-0.3, -0.25) is 0 Å². The number of anilines is 2. The number of ether oxygens (including phenoxy) is 1. The Bertz CT molecular complexity index is 704. The van der Waals surface area contributed by atoms with Crippen LogP contribution >= 0.6 is 44.1 Å². The minimum atomic E-state index is 0.408. The molecule has 110 valence electrons. The Kier molecular flexibility index (Phi) is 5.24. The van der Waals surface area contributed by atoms with Crippen LogP contribution in [0.3, 0.4) is 0 Å². The molecule has 0 saturated heterocycles. The van der Waals surface area contributed by atoms with Gasteiger partial charge < -0.3 is 15.8 Å². The van der Waals surface area contributed by atoms with Gasteiger partial charge in [-0.2, -0.15) is 0 Å². The van der Waals surface area contributed by atoms with Gasteiger partial charge in [0.15, 0.2) is 0 Å². The van der Waals surface area contributed by atoms with Gasteiger partial charge in [-0.05, 0) is 68.6 Å². The molecule has 21 heavy (non-hydrogen) atoms. The lowest BCUT2D eigenvalue weighted by Gasteiger charge is -2.13. The van der Waals surface area contributed by atoms with Gasteiger partial charge in [0, 0.05) is 21.8 Å². The first-order chi connectivity index (χ1) is 9.92. The molecule has 6 heteroatoms. The van der Waals surface area contributed by atoms with Crippen LogP contribution in [-0.4, -0.2) is 12.1 Å². The fourth-order valence-corrected chi connectivity index (χ4v) is 3.44. The number of hydrogen-bond acceptors (Lipinski definition) is 3. The Morgan fingerprint density at radius 1 is 1.19 bits per heavy atom. The second-order valence-electron chi connectivity index (χ2n) is 4.49. The van der Waals surface area contributed by atoms with Crippen LogP contribution in [0.4, 0.5) is 11.4 Å². The number of methoxy groups -OCH3 is 1. The van der Waals surface area contributed by atoms with E-state index in [0.717, 1.165) is 37.2 Å². The molecule has 0 unspecified atom stereocenters. The highest BCUT2D eigenvalue weighted by Gasteiger charge is 2.08. The molecular weight excluding hydrogens is 416 g/mol. The van der Waals surface area contributed by atoms with Gasteiger partial charge in [0.25, 0.3) is 0 Å². The normalized spacial score (nSPS) is 10.3. The van der Waals surface area contributed by atoms with Gasteiger partial charge in [-0.25, -0.2) is 0 Å². The van der Waals surface area contributed by atoms with Crippen LogP contribution in [-0.2, 0) is 0 Å². The zero-order valence-electron chi connectivity index (χ0n) is 11.5. The van der Waals surface area contributed by atoms with Crippen LogP contribution in [0.1, 0.15) is 11.1 Å². The van der Waals surface area contributed by atoms with E-state index in [2.05, 4.69) is 37.2 Å². The highest BCUT2D eigenvalue weighted by Crippen LogP contribution is 2.36. The predicted octanol–water partition coefficient (Wildman–Crippen LogP) is 4.91. The zero-order valence-corrected chi connectivity index (χ0v) is 15.5. The van der Waals surface area contributed by atoms with Crippen LogP contribution in [0.2, 0.25) is 0 Å². The first-order valence-electron chi connectivity index (χ1n) is 6.13. The van der Waals surface area contributed by atoms with E-state index < -0.39 is 0 Å². The molecule has 0 amide bonds. The van der Waals surface area contributed by atoms with Crippen molar-refractivity contribution in [2.24, 2.45) is 5.73 Å². The van der Waals surface area contributed by atoms with Crippen LogP contribution < -0.4 is 15.8 Å². The molecule has 0 aliphatic rings. The standard InChI is InChI=1S/C15H14Br2N2OS/c1-8-5-9(3-4-10(8)15(18)21)19-13-7-14(20-2)12(17)6-11(13)16/h3-7,19H,1-2H3,(H2,18,21). The summed E-state index contributed by atoms with van der Waals surface area (Å²) in [5, 5.41) is 3.35. The van der Waals surface area contributed by atoms with Gasteiger partial charge in [0.05, 0.1) is 17.3 Å². The monoisotopic (exact) mass is 428 g/mol. The Morgan fingerprint density at radius 3 is 2.48 bits per heavy atom. The van der Waals surface area contributed by atoms with Crippen molar-refractivity contribution in [2.45, 2.75) is 6.92 Å².